The van der Waals surface area contributed by atoms with Crippen molar-refractivity contribution in [2.24, 2.45) is 5.92 Å². The van der Waals surface area contributed by atoms with Crippen molar-refractivity contribution in [3.63, 3.8) is 0 Å². The second-order valence-corrected chi connectivity index (χ2v) is 6.30. The van der Waals surface area contributed by atoms with Crippen LogP contribution in [0.25, 0.3) is 0 Å². The molecule has 0 unspecified atom stereocenters. The molecule has 0 saturated carbocycles. The molecule has 1 aromatic rings. The van der Waals surface area contributed by atoms with E-state index in [1.54, 1.807) is 0 Å². The first-order valence-corrected chi connectivity index (χ1v) is 8.79. The van der Waals surface area contributed by atoms with Gasteiger partial charge in [0.1, 0.15) is 0 Å². The molecule has 0 aliphatic carbocycles. The van der Waals surface area contributed by atoms with Crippen LogP contribution >= 0.6 is 0 Å². The highest BCUT2D eigenvalue weighted by atomic mass is 16.2. The third-order valence-corrected chi connectivity index (χ3v) is 4.71. The molecule has 3 nitrogen and oxygen atoms in total. The lowest BCUT2D eigenvalue weighted by molar-refractivity contribution is -0.132. The molecule has 1 amide bonds. The Kier molecular flexibility index (Phi) is 6.91. The van der Waals surface area contributed by atoms with Crippen LogP contribution in [0.15, 0.2) is 24.3 Å². The Balaban J connectivity index is 1.71. The molecule has 0 bridgehead atoms. The number of nitrogens with zero attached hydrogens (tertiary/aromatic N) is 1. The van der Waals surface area contributed by atoms with E-state index in [-0.39, 0.29) is 0 Å². The second-order valence-electron chi connectivity index (χ2n) is 6.30. The summed E-state index contributed by atoms with van der Waals surface area (Å²) < 4.78 is 0. The third kappa shape index (κ3) is 5.13. The van der Waals surface area contributed by atoms with E-state index in [1.807, 2.05) is 0 Å². The number of piperidine rings is 1. The second kappa shape index (κ2) is 8.94. The standard InChI is InChI=1S/C19H30N2O/c1-3-16-5-7-17(8-6-16)9-10-19(22)21-13-11-18(12-14-21)15-20-4-2/h5-8,18,20H,3-4,9-15H2,1-2H3. The first-order valence-electron chi connectivity index (χ1n) is 8.79. The number of nitrogens with one attached hydrogen (secondary N) is 1. The molecule has 1 aromatic carbocycles. The molecule has 1 saturated heterocycles. The number of benzene rings is 1. The summed E-state index contributed by atoms with van der Waals surface area (Å²) in [4.78, 5) is 14.4. The molecule has 1 aliphatic heterocycles. The number of amides is 1. The Labute approximate surface area is 135 Å². The lowest BCUT2D eigenvalue weighted by atomic mass is 9.96. The van der Waals surface area contributed by atoms with Crippen LogP contribution in [-0.4, -0.2) is 37.0 Å². The minimum atomic E-state index is 0.321. The smallest absolute Gasteiger partial charge is 0.222 e. The molecule has 0 aromatic heterocycles. The molecule has 0 spiro atoms. The van der Waals surface area contributed by atoms with Crippen molar-refractivity contribution in [2.75, 3.05) is 26.2 Å². The number of hydrogen-bond acceptors (Lipinski definition) is 2. The molecule has 3 heteroatoms. The first kappa shape index (κ1) is 17.0. The fourth-order valence-electron chi connectivity index (χ4n) is 3.09. The van der Waals surface area contributed by atoms with E-state index in [0.717, 1.165) is 57.8 Å². The predicted octanol–water partition coefficient (Wildman–Crippen LogP) is 3.03. The Bertz CT molecular complexity index is 447. The van der Waals surface area contributed by atoms with Crippen LogP contribution in [0.3, 0.4) is 0 Å². The Morgan fingerprint density at radius 1 is 1.14 bits per heavy atom. The van der Waals surface area contributed by atoms with Crippen LogP contribution in [0.4, 0.5) is 0 Å². The van der Waals surface area contributed by atoms with E-state index in [0.29, 0.717) is 12.3 Å². The van der Waals surface area contributed by atoms with Gasteiger partial charge in [-0.2, -0.15) is 0 Å². The van der Waals surface area contributed by atoms with Crippen LogP contribution in [0.2, 0.25) is 0 Å². The van der Waals surface area contributed by atoms with Gasteiger partial charge in [0.05, 0.1) is 0 Å². The molecule has 1 N–H and O–H groups in total. The minimum absolute atomic E-state index is 0.321. The van der Waals surface area contributed by atoms with Crippen molar-refractivity contribution < 1.29 is 4.79 Å². The highest BCUT2D eigenvalue weighted by Crippen LogP contribution is 2.17. The molecule has 22 heavy (non-hydrogen) atoms. The molecule has 1 heterocycles. The SMILES string of the molecule is CCNCC1CCN(C(=O)CCc2ccc(CC)cc2)CC1. The molecule has 122 valence electrons. The van der Waals surface area contributed by atoms with Gasteiger partial charge in [-0.15, -0.1) is 0 Å². The van der Waals surface area contributed by atoms with E-state index in [2.05, 4.69) is 48.3 Å². The third-order valence-electron chi connectivity index (χ3n) is 4.71. The van der Waals surface area contributed by atoms with Crippen LogP contribution in [0.1, 0.15) is 44.2 Å². The number of rotatable bonds is 7. The van der Waals surface area contributed by atoms with Gasteiger partial charge >= 0.3 is 0 Å². The minimum Gasteiger partial charge on any atom is -0.343 e. The van der Waals surface area contributed by atoms with Gasteiger partial charge in [0.2, 0.25) is 5.91 Å². The molecular formula is C19H30N2O. The molecule has 0 radical (unpaired) electrons. The number of carbonyl (C=O) groups is 1. The number of likely N-dealkylation sites (tertiary alicyclic amines) is 1. The number of aryl methyl sites for hydroxylation is 2. The van der Waals surface area contributed by atoms with Crippen molar-refractivity contribution in [2.45, 2.75) is 46.0 Å². The van der Waals surface area contributed by atoms with Gasteiger partial charge in [0.25, 0.3) is 0 Å². The zero-order chi connectivity index (χ0) is 15.8. The fourth-order valence-corrected chi connectivity index (χ4v) is 3.09. The van der Waals surface area contributed by atoms with E-state index >= 15 is 0 Å². The predicted molar refractivity (Wildman–Crippen MR) is 92.0 cm³/mol. The van der Waals surface area contributed by atoms with E-state index in [4.69, 9.17) is 0 Å². The van der Waals surface area contributed by atoms with Crippen molar-refractivity contribution in [3.05, 3.63) is 35.4 Å². The van der Waals surface area contributed by atoms with Gasteiger partial charge in [0, 0.05) is 19.5 Å². The van der Waals surface area contributed by atoms with E-state index in [1.165, 1.54) is 11.1 Å². The van der Waals surface area contributed by atoms with E-state index in [9.17, 15) is 4.79 Å². The maximum atomic E-state index is 12.3. The summed E-state index contributed by atoms with van der Waals surface area (Å²) in [6.45, 7) is 8.31. The largest absolute Gasteiger partial charge is 0.343 e. The summed E-state index contributed by atoms with van der Waals surface area (Å²) in [5.74, 6) is 1.06. The highest BCUT2D eigenvalue weighted by Gasteiger charge is 2.22. The molecular weight excluding hydrogens is 272 g/mol. The van der Waals surface area contributed by atoms with Crippen molar-refractivity contribution in [1.29, 1.82) is 0 Å². The topological polar surface area (TPSA) is 32.3 Å². The average molecular weight is 302 g/mol. The summed E-state index contributed by atoms with van der Waals surface area (Å²) in [5, 5.41) is 3.41. The van der Waals surface area contributed by atoms with Crippen molar-refractivity contribution >= 4 is 5.91 Å². The first-order chi connectivity index (χ1) is 10.7. The molecule has 1 fully saturated rings. The highest BCUT2D eigenvalue weighted by molar-refractivity contribution is 5.76. The summed E-state index contributed by atoms with van der Waals surface area (Å²) in [7, 11) is 0. The normalized spacial score (nSPS) is 16.0. The zero-order valence-corrected chi connectivity index (χ0v) is 14.1. The summed E-state index contributed by atoms with van der Waals surface area (Å²) in [6.07, 6.45) is 4.86. The van der Waals surface area contributed by atoms with Crippen LogP contribution in [0.5, 0.6) is 0 Å². The molecule has 0 atom stereocenters. The number of hydrogen-bond donors (Lipinski definition) is 1. The Morgan fingerprint density at radius 3 is 2.36 bits per heavy atom. The quantitative estimate of drug-likeness (QED) is 0.839. The summed E-state index contributed by atoms with van der Waals surface area (Å²) in [5.41, 5.74) is 2.63. The van der Waals surface area contributed by atoms with Gasteiger partial charge in [-0.05, 0) is 55.8 Å². The van der Waals surface area contributed by atoms with E-state index < -0.39 is 0 Å². The van der Waals surface area contributed by atoms with Crippen LogP contribution in [0, 0.1) is 5.92 Å². The maximum Gasteiger partial charge on any atom is 0.222 e. The Hall–Kier alpha value is -1.35. The maximum absolute atomic E-state index is 12.3. The average Bonchev–Trinajstić information content (AvgIpc) is 2.58. The van der Waals surface area contributed by atoms with Gasteiger partial charge in [-0.25, -0.2) is 0 Å². The van der Waals surface area contributed by atoms with Gasteiger partial charge in [-0.1, -0.05) is 38.1 Å². The van der Waals surface area contributed by atoms with Crippen molar-refractivity contribution in [1.82, 2.24) is 10.2 Å². The lowest BCUT2D eigenvalue weighted by Crippen LogP contribution is -2.40. The van der Waals surface area contributed by atoms with Crippen LogP contribution < -0.4 is 5.32 Å². The van der Waals surface area contributed by atoms with Crippen LogP contribution in [-0.2, 0) is 17.6 Å². The van der Waals surface area contributed by atoms with Crippen molar-refractivity contribution in [3.8, 4) is 0 Å². The zero-order valence-electron chi connectivity index (χ0n) is 14.1. The fraction of sp³-hybridized carbons (Fsp3) is 0.632. The lowest BCUT2D eigenvalue weighted by Gasteiger charge is -2.32. The van der Waals surface area contributed by atoms with Gasteiger partial charge in [0.15, 0.2) is 0 Å². The summed E-state index contributed by atoms with van der Waals surface area (Å²) >= 11 is 0. The van der Waals surface area contributed by atoms with Gasteiger partial charge in [-0.3, -0.25) is 4.79 Å². The van der Waals surface area contributed by atoms with Gasteiger partial charge < -0.3 is 10.2 Å². The summed E-state index contributed by atoms with van der Waals surface area (Å²) in [6, 6.07) is 8.67. The molecule has 1 aliphatic rings. The number of carbonyl (C=O) groups excluding carboxylic acids is 1. The monoisotopic (exact) mass is 302 g/mol. The molecule has 2 rings (SSSR count). The Morgan fingerprint density at radius 2 is 1.77 bits per heavy atom.